The minimum atomic E-state index is -2.58. The van der Waals surface area contributed by atoms with Crippen LogP contribution in [0.5, 0.6) is 11.5 Å². The van der Waals surface area contributed by atoms with Gasteiger partial charge < -0.3 is 13.9 Å². The molecule has 1 atom stereocenters. The molecule has 0 fully saturated rings. The molecule has 0 saturated heterocycles. The van der Waals surface area contributed by atoms with Gasteiger partial charge in [0.05, 0.1) is 14.2 Å². The van der Waals surface area contributed by atoms with E-state index in [-0.39, 0.29) is 16.7 Å². The van der Waals surface area contributed by atoms with E-state index in [0.29, 0.717) is 13.0 Å². The second kappa shape index (κ2) is 16.1. The third kappa shape index (κ3) is 9.17. The SMILES string of the molecule is COc1cc(/C=C/C=C/CCCC(=O)/C=C\[C@@H](C)CO[Si](c2ccccc2)(c2ccccc2)C(C)(C)C)cc(OC)c1. The Kier molecular flexibility index (Phi) is 12.6. The summed E-state index contributed by atoms with van der Waals surface area (Å²) < 4.78 is 17.6. The molecule has 222 valence electrons. The summed E-state index contributed by atoms with van der Waals surface area (Å²) in [5.41, 5.74) is 1.00. The predicted molar refractivity (Wildman–Crippen MR) is 178 cm³/mol. The van der Waals surface area contributed by atoms with Gasteiger partial charge in [0.25, 0.3) is 8.32 Å². The Labute approximate surface area is 253 Å². The van der Waals surface area contributed by atoms with E-state index in [1.807, 2.05) is 42.5 Å². The highest BCUT2D eigenvalue weighted by Gasteiger charge is 2.50. The summed E-state index contributed by atoms with van der Waals surface area (Å²) >= 11 is 0. The van der Waals surface area contributed by atoms with Crippen LogP contribution in [0.3, 0.4) is 0 Å². The average Bonchev–Trinajstić information content (AvgIpc) is 3.00. The number of hydrogen-bond acceptors (Lipinski definition) is 4. The largest absolute Gasteiger partial charge is 0.497 e. The highest BCUT2D eigenvalue weighted by atomic mass is 28.4. The van der Waals surface area contributed by atoms with Crippen molar-refractivity contribution in [2.24, 2.45) is 5.92 Å². The summed E-state index contributed by atoms with van der Waals surface area (Å²) in [6, 6.07) is 27.1. The van der Waals surface area contributed by atoms with Crippen LogP contribution < -0.4 is 19.8 Å². The van der Waals surface area contributed by atoms with Crippen LogP contribution in [0.2, 0.25) is 5.04 Å². The standard InChI is InChI=1S/C37H46O4Si/c1-30(29-41-42(37(2,3)4,35-20-14-10-15-21-35)36-22-16-11-17-23-36)24-25-32(38)19-13-9-7-8-12-18-31-26-33(39-5)28-34(27-31)40-6/h7-8,10-12,14-18,20-28,30H,9,13,19,29H2,1-6H3/b8-7+,18-12+,25-24-/t30-/m1/s1. The molecule has 0 saturated carbocycles. The van der Waals surface area contributed by atoms with Crippen LogP contribution in [-0.4, -0.2) is 34.9 Å². The van der Waals surface area contributed by atoms with Gasteiger partial charge in [-0.15, -0.1) is 0 Å². The van der Waals surface area contributed by atoms with E-state index in [0.717, 1.165) is 29.9 Å². The molecule has 0 bridgehead atoms. The lowest BCUT2D eigenvalue weighted by Crippen LogP contribution is -2.66. The van der Waals surface area contributed by atoms with Crippen molar-refractivity contribution in [1.82, 2.24) is 0 Å². The molecule has 0 aromatic heterocycles. The zero-order valence-corrected chi connectivity index (χ0v) is 27.0. The van der Waals surface area contributed by atoms with Crippen LogP contribution in [0.1, 0.15) is 52.5 Å². The lowest BCUT2D eigenvalue weighted by Gasteiger charge is -2.43. The summed E-state index contributed by atoms with van der Waals surface area (Å²) in [6.07, 6.45) is 14.0. The topological polar surface area (TPSA) is 44.8 Å². The van der Waals surface area contributed by atoms with Crippen molar-refractivity contribution in [3.05, 3.63) is 115 Å². The van der Waals surface area contributed by atoms with E-state index in [2.05, 4.69) is 94.4 Å². The van der Waals surface area contributed by atoms with E-state index in [4.69, 9.17) is 13.9 Å². The van der Waals surface area contributed by atoms with Gasteiger partial charge in [0.1, 0.15) is 11.5 Å². The van der Waals surface area contributed by atoms with Crippen LogP contribution >= 0.6 is 0 Å². The van der Waals surface area contributed by atoms with E-state index in [1.54, 1.807) is 20.3 Å². The number of ketones is 1. The molecule has 3 aromatic carbocycles. The Hall–Kier alpha value is -3.67. The molecule has 0 amide bonds. The van der Waals surface area contributed by atoms with Crippen LogP contribution in [0.25, 0.3) is 6.08 Å². The van der Waals surface area contributed by atoms with E-state index in [1.165, 1.54) is 10.4 Å². The molecule has 0 radical (unpaired) electrons. The number of carbonyl (C=O) groups excluding carboxylic acids is 1. The number of methoxy groups -OCH3 is 2. The summed E-state index contributed by atoms with van der Waals surface area (Å²) in [6.45, 7) is 9.52. The summed E-state index contributed by atoms with van der Waals surface area (Å²) in [7, 11) is 0.705. The van der Waals surface area contributed by atoms with Gasteiger partial charge in [0.15, 0.2) is 5.78 Å². The van der Waals surface area contributed by atoms with Crippen LogP contribution in [0, 0.1) is 5.92 Å². The lowest BCUT2D eigenvalue weighted by atomic mass is 10.1. The fraction of sp³-hybridized carbons (Fsp3) is 0.324. The number of carbonyl (C=O) groups is 1. The fourth-order valence-electron chi connectivity index (χ4n) is 5.09. The maximum absolute atomic E-state index is 12.6. The molecule has 0 heterocycles. The Morgan fingerprint density at radius 3 is 1.95 bits per heavy atom. The minimum absolute atomic E-state index is 0.0709. The molecule has 0 aliphatic rings. The Bertz CT molecular complexity index is 1280. The average molecular weight is 583 g/mol. The number of ether oxygens (including phenoxy) is 2. The highest BCUT2D eigenvalue weighted by molar-refractivity contribution is 6.99. The van der Waals surface area contributed by atoms with Gasteiger partial charge in [-0.05, 0) is 57.9 Å². The van der Waals surface area contributed by atoms with Gasteiger partial charge in [-0.2, -0.15) is 0 Å². The lowest BCUT2D eigenvalue weighted by molar-refractivity contribution is -0.114. The molecule has 3 rings (SSSR count). The van der Waals surface area contributed by atoms with Crippen molar-refractivity contribution in [3.8, 4) is 11.5 Å². The highest BCUT2D eigenvalue weighted by Crippen LogP contribution is 2.37. The molecule has 0 aliphatic carbocycles. The van der Waals surface area contributed by atoms with Crippen molar-refractivity contribution in [1.29, 1.82) is 0 Å². The zero-order valence-electron chi connectivity index (χ0n) is 26.0. The first-order valence-corrected chi connectivity index (χ1v) is 16.6. The molecule has 0 N–H and O–H groups in total. The minimum Gasteiger partial charge on any atom is -0.497 e. The first kappa shape index (κ1) is 32.8. The van der Waals surface area contributed by atoms with Crippen LogP contribution in [-0.2, 0) is 9.22 Å². The number of hydrogen-bond donors (Lipinski definition) is 0. The van der Waals surface area contributed by atoms with Crippen molar-refractivity contribution < 1.29 is 18.7 Å². The Balaban J connectivity index is 1.53. The first-order valence-electron chi connectivity index (χ1n) is 14.7. The van der Waals surface area contributed by atoms with Gasteiger partial charge in [0.2, 0.25) is 0 Å². The molecule has 0 aliphatic heterocycles. The Morgan fingerprint density at radius 2 is 1.43 bits per heavy atom. The molecule has 4 nitrogen and oxygen atoms in total. The fourth-order valence-corrected chi connectivity index (χ4v) is 9.76. The predicted octanol–water partition coefficient (Wildman–Crippen LogP) is 7.78. The molecule has 42 heavy (non-hydrogen) atoms. The maximum atomic E-state index is 12.6. The number of rotatable bonds is 15. The number of unbranched alkanes of at least 4 members (excludes halogenated alkanes) is 1. The number of allylic oxidation sites excluding steroid dienone is 4. The molecule has 3 aromatic rings. The van der Waals surface area contributed by atoms with Gasteiger partial charge in [-0.3, -0.25) is 4.79 Å². The summed E-state index contributed by atoms with van der Waals surface area (Å²) in [5, 5.41) is 2.46. The van der Waals surface area contributed by atoms with Crippen molar-refractivity contribution in [2.75, 3.05) is 20.8 Å². The van der Waals surface area contributed by atoms with E-state index in [9.17, 15) is 4.79 Å². The van der Waals surface area contributed by atoms with Crippen molar-refractivity contribution in [2.45, 2.75) is 52.0 Å². The molecule has 5 heteroatoms. The molecule has 0 unspecified atom stereocenters. The zero-order chi connectivity index (χ0) is 30.4. The maximum Gasteiger partial charge on any atom is 0.261 e. The van der Waals surface area contributed by atoms with E-state index >= 15 is 0 Å². The third-order valence-corrected chi connectivity index (χ3v) is 12.3. The summed E-state index contributed by atoms with van der Waals surface area (Å²) in [5.74, 6) is 1.79. The molecular formula is C37H46O4Si. The van der Waals surface area contributed by atoms with Gasteiger partial charge in [0, 0.05) is 19.1 Å². The second-order valence-electron chi connectivity index (χ2n) is 11.6. The Morgan fingerprint density at radius 1 is 0.857 bits per heavy atom. The van der Waals surface area contributed by atoms with Crippen molar-refractivity contribution >= 4 is 30.6 Å². The first-order chi connectivity index (χ1) is 20.2. The summed E-state index contributed by atoms with van der Waals surface area (Å²) in [4.78, 5) is 12.6. The molecule has 0 spiro atoms. The number of benzene rings is 3. The van der Waals surface area contributed by atoms with Gasteiger partial charge in [-0.1, -0.05) is 119 Å². The second-order valence-corrected chi connectivity index (χ2v) is 15.9. The van der Waals surface area contributed by atoms with Crippen molar-refractivity contribution in [3.63, 3.8) is 0 Å². The van der Waals surface area contributed by atoms with Gasteiger partial charge in [-0.25, -0.2) is 0 Å². The van der Waals surface area contributed by atoms with Gasteiger partial charge >= 0.3 is 0 Å². The van der Waals surface area contributed by atoms with E-state index < -0.39 is 8.32 Å². The normalized spacial score (nSPS) is 13.2. The third-order valence-electron chi connectivity index (χ3n) is 7.29. The monoisotopic (exact) mass is 582 g/mol. The quantitative estimate of drug-likeness (QED) is 0.0794. The smallest absolute Gasteiger partial charge is 0.261 e. The molecular weight excluding hydrogens is 536 g/mol. The van der Waals surface area contributed by atoms with Crippen LogP contribution in [0.15, 0.2) is 109 Å². The van der Waals surface area contributed by atoms with Crippen LogP contribution in [0.4, 0.5) is 0 Å².